The minimum absolute atomic E-state index is 0.534. The van der Waals surface area contributed by atoms with Gasteiger partial charge in [-0.25, -0.2) is 4.98 Å². The first kappa shape index (κ1) is 15.3. The van der Waals surface area contributed by atoms with Crippen molar-refractivity contribution >= 4 is 5.95 Å². The molecule has 2 unspecified atom stereocenters. The normalized spacial score (nSPS) is 23.3. The summed E-state index contributed by atoms with van der Waals surface area (Å²) in [6.07, 6.45) is 5.55. The van der Waals surface area contributed by atoms with Gasteiger partial charge in [0.05, 0.1) is 12.3 Å². The second-order valence-electron chi connectivity index (χ2n) is 5.75. The van der Waals surface area contributed by atoms with Gasteiger partial charge in [0.25, 0.3) is 0 Å². The van der Waals surface area contributed by atoms with E-state index in [0.717, 1.165) is 44.3 Å². The number of anilines is 1. The van der Waals surface area contributed by atoms with E-state index in [9.17, 15) is 0 Å². The highest BCUT2D eigenvalue weighted by atomic mass is 16.5. The van der Waals surface area contributed by atoms with Crippen molar-refractivity contribution in [1.29, 1.82) is 0 Å². The summed E-state index contributed by atoms with van der Waals surface area (Å²) in [7, 11) is 1.74. The fraction of sp³-hybridized carbons (Fsp3) is 0.800. The first-order chi connectivity index (χ1) is 9.69. The minimum Gasteiger partial charge on any atom is -0.383 e. The van der Waals surface area contributed by atoms with E-state index in [0.29, 0.717) is 12.0 Å². The predicted molar refractivity (Wildman–Crippen MR) is 82.1 cm³/mol. The van der Waals surface area contributed by atoms with E-state index < -0.39 is 0 Å². The van der Waals surface area contributed by atoms with Crippen LogP contribution in [0, 0.1) is 5.92 Å². The largest absolute Gasteiger partial charge is 0.383 e. The van der Waals surface area contributed by atoms with Crippen LogP contribution in [0.25, 0.3) is 0 Å². The van der Waals surface area contributed by atoms with Crippen LogP contribution in [0.3, 0.4) is 0 Å². The molecule has 0 amide bonds. The second kappa shape index (κ2) is 7.09. The number of aryl methyl sites for hydroxylation is 1. The van der Waals surface area contributed by atoms with E-state index in [-0.39, 0.29) is 0 Å². The van der Waals surface area contributed by atoms with Gasteiger partial charge in [-0.2, -0.15) is 0 Å². The molecule has 2 N–H and O–H groups in total. The Morgan fingerprint density at radius 1 is 1.45 bits per heavy atom. The maximum absolute atomic E-state index is 5.86. The number of ether oxygens (including phenoxy) is 1. The van der Waals surface area contributed by atoms with E-state index in [1.54, 1.807) is 7.11 Å². The van der Waals surface area contributed by atoms with Gasteiger partial charge in [-0.1, -0.05) is 6.92 Å². The number of hydrogen-bond acceptors (Lipinski definition) is 4. The number of hydrogen-bond donors (Lipinski definition) is 1. The molecule has 2 atom stereocenters. The summed E-state index contributed by atoms with van der Waals surface area (Å²) in [5.41, 5.74) is 7.02. The number of rotatable bonds is 6. The van der Waals surface area contributed by atoms with Gasteiger partial charge in [-0.05, 0) is 38.6 Å². The highest BCUT2D eigenvalue weighted by Gasteiger charge is 2.27. The van der Waals surface area contributed by atoms with Gasteiger partial charge in [0.1, 0.15) is 0 Å². The summed E-state index contributed by atoms with van der Waals surface area (Å²) in [6, 6.07) is 0.534. The van der Waals surface area contributed by atoms with E-state index in [4.69, 9.17) is 15.5 Å². The molecule has 1 aliphatic heterocycles. The molecule has 1 aromatic heterocycles. The van der Waals surface area contributed by atoms with E-state index in [1.165, 1.54) is 12.8 Å². The fourth-order valence-electron chi connectivity index (χ4n) is 2.87. The van der Waals surface area contributed by atoms with Crippen molar-refractivity contribution in [1.82, 2.24) is 9.55 Å². The van der Waals surface area contributed by atoms with Gasteiger partial charge in [0.15, 0.2) is 0 Å². The third-order valence-corrected chi connectivity index (χ3v) is 4.27. The van der Waals surface area contributed by atoms with Crippen LogP contribution in [0.2, 0.25) is 0 Å². The van der Waals surface area contributed by atoms with Crippen molar-refractivity contribution < 1.29 is 4.74 Å². The molecule has 114 valence electrons. The molecule has 2 rings (SSSR count). The van der Waals surface area contributed by atoms with Crippen molar-refractivity contribution in [3.05, 3.63) is 11.9 Å². The Hall–Kier alpha value is -1.07. The molecule has 0 saturated carbocycles. The number of nitrogens with two attached hydrogens (primary N) is 1. The predicted octanol–water partition coefficient (Wildman–Crippen LogP) is 1.66. The van der Waals surface area contributed by atoms with Crippen molar-refractivity contribution in [2.45, 2.75) is 45.7 Å². The zero-order valence-electron chi connectivity index (χ0n) is 13.0. The number of piperidine rings is 1. The van der Waals surface area contributed by atoms with E-state index in [1.807, 2.05) is 0 Å². The van der Waals surface area contributed by atoms with Crippen LogP contribution in [-0.4, -0.2) is 42.4 Å². The van der Waals surface area contributed by atoms with Gasteiger partial charge in [-0.15, -0.1) is 0 Å². The SMILES string of the molecule is CCc1cn(CCOC)c(N2CC(CN)CCC2C)n1. The molecule has 5 nitrogen and oxygen atoms in total. The molecule has 2 heterocycles. The zero-order valence-corrected chi connectivity index (χ0v) is 13.0. The maximum Gasteiger partial charge on any atom is 0.206 e. The van der Waals surface area contributed by atoms with Gasteiger partial charge in [0, 0.05) is 32.4 Å². The van der Waals surface area contributed by atoms with Gasteiger partial charge < -0.3 is 19.9 Å². The van der Waals surface area contributed by atoms with Crippen LogP contribution < -0.4 is 10.6 Å². The molecule has 0 aromatic carbocycles. The second-order valence-corrected chi connectivity index (χ2v) is 5.75. The summed E-state index contributed by atoms with van der Waals surface area (Å²) in [6.45, 7) is 7.79. The van der Waals surface area contributed by atoms with Crippen LogP contribution in [0.15, 0.2) is 6.20 Å². The number of nitrogens with zero attached hydrogens (tertiary/aromatic N) is 3. The maximum atomic E-state index is 5.86. The highest BCUT2D eigenvalue weighted by molar-refractivity contribution is 5.36. The summed E-state index contributed by atoms with van der Waals surface area (Å²) < 4.78 is 7.45. The molecule has 0 aliphatic carbocycles. The monoisotopic (exact) mass is 280 g/mol. The average Bonchev–Trinajstić information content (AvgIpc) is 2.88. The Bertz CT molecular complexity index is 418. The Balaban J connectivity index is 2.21. The van der Waals surface area contributed by atoms with Crippen molar-refractivity contribution in [2.75, 3.05) is 31.7 Å². The van der Waals surface area contributed by atoms with Gasteiger partial charge >= 0.3 is 0 Å². The summed E-state index contributed by atoms with van der Waals surface area (Å²) in [5.74, 6) is 1.67. The fourth-order valence-corrected chi connectivity index (χ4v) is 2.87. The van der Waals surface area contributed by atoms with Crippen LogP contribution in [-0.2, 0) is 17.7 Å². The molecule has 0 bridgehead atoms. The molecule has 20 heavy (non-hydrogen) atoms. The molecule has 1 aromatic rings. The molecule has 1 saturated heterocycles. The molecule has 5 heteroatoms. The van der Waals surface area contributed by atoms with E-state index in [2.05, 4.69) is 29.5 Å². The van der Waals surface area contributed by atoms with Gasteiger partial charge in [-0.3, -0.25) is 0 Å². The molecule has 0 spiro atoms. The zero-order chi connectivity index (χ0) is 14.5. The van der Waals surface area contributed by atoms with Crippen molar-refractivity contribution in [2.24, 2.45) is 11.7 Å². The van der Waals surface area contributed by atoms with Crippen molar-refractivity contribution in [3.8, 4) is 0 Å². The van der Waals surface area contributed by atoms with Crippen LogP contribution in [0.4, 0.5) is 5.95 Å². The molecular weight excluding hydrogens is 252 g/mol. The van der Waals surface area contributed by atoms with E-state index >= 15 is 0 Å². The lowest BCUT2D eigenvalue weighted by molar-refractivity contribution is 0.187. The first-order valence-corrected chi connectivity index (χ1v) is 7.71. The average molecular weight is 280 g/mol. The lowest BCUT2D eigenvalue weighted by Crippen LogP contribution is -2.45. The Morgan fingerprint density at radius 2 is 2.25 bits per heavy atom. The summed E-state index contributed by atoms with van der Waals surface area (Å²) >= 11 is 0. The lowest BCUT2D eigenvalue weighted by Gasteiger charge is -2.38. The number of imidazole rings is 1. The van der Waals surface area contributed by atoms with Crippen molar-refractivity contribution in [3.63, 3.8) is 0 Å². The third kappa shape index (κ3) is 3.33. The lowest BCUT2D eigenvalue weighted by atomic mass is 9.94. The first-order valence-electron chi connectivity index (χ1n) is 7.71. The quantitative estimate of drug-likeness (QED) is 0.861. The number of aromatic nitrogens is 2. The summed E-state index contributed by atoms with van der Waals surface area (Å²) in [5, 5.41) is 0. The smallest absolute Gasteiger partial charge is 0.206 e. The highest BCUT2D eigenvalue weighted by Crippen LogP contribution is 2.27. The number of methoxy groups -OCH3 is 1. The minimum atomic E-state index is 0.534. The molecule has 1 aliphatic rings. The van der Waals surface area contributed by atoms with Crippen LogP contribution in [0.5, 0.6) is 0 Å². The van der Waals surface area contributed by atoms with Gasteiger partial charge in [0.2, 0.25) is 5.95 Å². The standard InChI is InChI=1S/C15H28N4O/c1-4-14-11-18(7-8-20-3)15(17-14)19-10-13(9-16)6-5-12(19)2/h11-13H,4-10,16H2,1-3H3. The van der Waals surface area contributed by atoms with Crippen LogP contribution in [0.1, 0.15) is 32.4 Å². The molecule has 0 radical (unpaired) electrons. The Kier molecular flexibility index (Phi) is 5.43. The van der Waals surface area contributed by atoms with Crippen LogP contribution >= 0.6 is 0 Å². The summed E-state index contributed by atoms with van der Waals surface area (Å²) in [4.78, 5) is 7.24. The Morgan fingerprint density at radius 3 is 2.90 bits per heavy atom. The topological polar surface area (TPSA) is 56.3 Å². The Labute approximate surface area is 122 Å². The third-order valence-electron chi connectivity index (χ3n) is 4.27. The molecule has 1 fully saturated rings. The molecular formula is C15H28N4O.